The third kappa shape index (κ3) is 4.46. The van der Waals surface area contributed by atoms with E-state index in [9.17, 15) is 4.79 Å². The third-order valence-corrected chi connectivity index (χ3v) is 2.52. The maximum atomic E-state index is 11.6. The summed E-state index contributed by atoms with van der Waals surface area (Å²) in [4.78, 5) is 15.7. The van der Waals surface area contributed by atoms with E-state index in [0.29, 0.717) is 6.54 Å². The Morgan fingerprint density at radius 2 is 2.22 bits per heavy atom. The van der Waals surface area contributed by atoms with Crippen molar-refractivity contribution in [2.75, 3.05) is 0 Å². The summed E-state index contributed by atoms with van der Waals surface area (Å²) in [5, 5.41) is 5.50. The zero-order chi connectivity index (χ0) is 13.5. The first-order valence-corrected chi connectivity index (χ1v) is 5.94. The van der Waals surface area contributed by atoms with E-state index in [1.165, 1.54) is 0 Å². The topological polar surface area (TPSA) is 54.0 Å². The molecule has 0 aliphatic heterocycles. The van der Waals surface area contributed by atoms with Crippen LogP contribution < -0.4 is 10.6 Å². The molecule has 1 atom stereocenters. The Hall–Kier alpha value is -2.02. The van der Waals surface area contributed by atoms with Gasteiger partial charge in [-0.25, -0.2) is 4.79 Å². The first kappa shape index (κ1) is 14.0. The normalized spacial score (nSPS) is 11.7. The molecule has 0 radical (unpaired) electrons. The summed E-state index contributed by atoms with van der Waals surface area (Å²) in [5.41, 5.74) is 2.03. The van der Waals surface area contributed by atoms with E-state index in [1.807, 2.05) is 26.8 Å². The van der Waals surface area contributed by atoms with Crippen LogP contribution in [-0.2, 0) is 6.54 Å². The average molecular weight is 245 g/mol. The molecule has 0 spiro atoms. The van der Waals surface area contributed by atoms with E-state index in [1.54, 1.807) is 12.4 Å². The number of carbonyl (C=O) groups excluding carboxylic acids is 1. The van der Waals surface area contributed by atoms with Crippen molar-refractivity contribution < 1.29 is 4.79 Å². The maximum absolute atomic E-state index is 11.6. The van der Waals surface area contributed by atoms with Crippen molar-refractivity contribution in [1.29, 1.82) is 0 Å². The molecular weight excluding hydrogens is 226 g/mol. The molecule has 0 aromatic carbocycles. The highest BCUT2D eigenvalue weighted by Crippen LogP contribution is 2.01. The number of hydrogen-bond acceptors (Lipinski definition) is 2. The van der Waals surface area contributed by atoms with E-state index >= 15 is 0 Å². The Morgan fingerprint density at radius 3 is 2.78 bits per heavy atom. The molecule has 0 aliphatic carbocycles. The standard InChI is InChI=1S/C14H19N3O/c1-5-13(10(2)3)17-14(18)16-9-12-6-11(4)7-15-8-12/h1,6-8,10,13H,9H2,2-4H3,(H2,16,17,18). The summed E-state index contributed by atoms with van der Waals surface area (Å²) in [6, 6.07) is 1.47. The van der Waals surface area contributed by atoms with Crippen LogP contribution >= 0.6 is 0 Å². The van der Waals surface area contributed by atoms with E-state index in [4.69, 9.17) is 6.42 Å². The van der Waals surface area contributed by atoms with Gasteiger partial charge in [-0.2, -0.15) is 0 Å². The number of hydrogen-bond donors (Lipinski definition) is 2. The minimum Gasteiger partial charge on any atom is -0.334 e. The molecule has 2 amide bonds. The predicted octanol–water partition coefficient (Wildman–Crippen LogP) is 1.85. The average Bonchev–Trinajstić information content (AvgIpc) is 2.33. The van der Waals surface area contributed by atoms with Crippen molar-refractivity contribution in [2.24, 2.45) is 5.92 Å². The van der Waals surface area contributed by atoms with Crippen LogP contribution in [0.2, 0.25) is 0 Å². The van der Waals surface area contributed by atoms with Crippen molar-refractivity contribution in [3.8, 4) is 12.3 Å². The number of nitrogens with zero attached hydrogens (tertiary/aromatic N) is 1. The molecule has 1 rings (SSSR count). The van der Waals surface area contributed by atoms with Crippen LogP contribution in [0.5, 0.6) is 0 Å². The molecule has 0 fully saturated rings. The molecule has 1 aromatic heterocycles. The van der Waals surface area contributed by atoms with Gasteiger partial charge in [-0.05, 0) is 24.0 Å². The number of nitrogens with one attached hydrogen (secondary N) is 2. The number of terminal acetylenes is 1. The number of rotatable bonds is 4. The highest BCUT2D eigenvalue weighted by atomic mass is 16.2. The van der Waals surface area contributed by atoms with Crippen LogP contribution in [0.25, 0.3) is 0 Å². The smallest absolute Gasteiger partial charge is 0.316 e. The van der Waals surface area contributed by atoms with E-state index in [-0.39, 0.29) is 18.0 Å². The largest absolute Gasteiger partial charge is 0.334 e. The fourth-order valence-corrected chi connectivity index (χ4v) is 1.49. The summed E-state index contributed by atoms with van der Waals surface area (Å²) in [6.45, 7) is 6.34. The number of carbonyl (C=O) groups is 1. The van der Waals surface area contributed by atoms with Crippen molar-refractivity contribution in [3.63, 3.8) is 0 Å². The molecule has 2 N–H and O–H groups in total. The summed E-state index contributed by atoms with van der Waals surface area (Å²) >= 11 is 0. The highest BCUT2D eigenvalue weighted by Gasteiger charge is 2.12. The summed E-state index contributed by atoms with van der Waals surface area (Å²) in [5.74, 6) is 2.77. The van der Waals surface area contributed by atoms with Crippen LogP contribution in [0.1, 0.15) is 25.0 Å². The van der Waals surface area contributed by atoms with Gasteiger partial charge in [-0.1, -0.05) is 25.8 Å². The summed E-state index contributed by atoms with van der Waals surface area (Å²) in [7, 11) is 0. The molecular formula is C14H19N3O. The molecule has 4 heteroatoms. The quantitative estimate of drug-likeness (QED) is 0.795. The van der Waals surface area contributed by atoms with Crippen molar-refractivity contribution in [3.05, 3.63) is 29.6 Å². The number of aryl methyl sites for hydroxylation is 1. The molecule has 18 heavy (non-hydrogen) atoms. The Bertz CT molecular complexity index is 449. The van der Waals surface area contributed by atoms with Gasteiger partial charge in [0.2, 0.25) is 0 Å². The van der Waals surface area contributed by atoms with Gasteiger partial charge in [-0.3, -0.25) is 4.98 Å². The molecule has 0 aliphatic rings. The lowest BCUT2D eigenvalue weighted by atomic mass is 10.1. The number of aromatic nitrogens is 1. The van der Waals surface area contributed by atoms with Gasteiger partial charge in [0, 0.05) is 18.9 Å². The maximum Gasteiger partial charge on any atom is 0.316 e. The molecule has 0 saturated heterocycles. The fraction of sp³-hybridized carbons (Fsp3) is 0.429. The van der Waals surface area contributed by atoms with Gasteiger partial charge in [0.1, 0.15) is 0 Å². The Labute approximate surface area is 108 Å². The molecule has 1 unspecified atom stereocenters. The first-order valence-electron chi connectivity index (χ1n) is 5.94. The van der Waals surface area contributed by atoms with Crippen LogP contribution in [0.3, 0.4) is 0 Å². The monoisotopic (exact) mass is 245 g/mol. The van der Waals surface area contributed by atoms with Crippen LogP contribution in [0.15, 0.2) is 18.5 Å². The number of urea groups is 1. The van der Waals surface area contributed by atoms with E-state index in [2.05, 4.69) is 21.5 Å². The van der Waals surface area contributed by atoms with E-state index in [0.717, 1.165) is 11.1 Å². The Kier molecular flexibility index (Phi) is 5.19. The van der Waals surface area contributed by atoms with Crippen LogP contribution in [-0.4, -0.2) is 17.1 Å². The number of pyridine rings is 1. The molecule has 96 valence electrons. The minimum atomic E-state index is -0.256. The van der Waals surface area contributed by atoms with Crippen LogP contribution in [0.4, 0.5) is 4.79 Å². The van der Waals surface area contributed by atoms with Crippen molar-refractivity contribution >= 4 is 6.03 Å². The molecule has 0 bridgehead atoms. The second-order valence-corrected chi connectivity index (χ2v) is 4.59. The van der Waals surface area contributed by atoms with Gasteiger partial charge in [0.15, 0.2) is 0 Å². The van der Waals surface area contributed by atoms with Gasteiger partial charge >= 0.3 is 6.03 Å². The minimum absolute atomic E-state index is 0.210. The van der Waals surface area contributed by atoms with Crippen molar-refractivity contribution in [1.82, 2.24) is 15.6 Å². The third-order valence-electron chi connectivity index (χ3n) is 2.52. The Morgan fingerprint density at radius 1 is 1.50 bits per heavy atom. The molecule has 1 aromatic rings. The SMILES string of the molecule is C#CC(NC(=O)NCc1cncc(C)c1)C(C)C. The van der Waals surface area contributed by atoms with Crippen LogP contribution in [0, 0.1) is 25.2 Å². The van der Waals surface area contributed by atoms with Gasteiger partial charge in [0.05, 0.1) is 6.04 Å². The summed E-state index contributed by atoms with van der Waals surface area (Å²) < 4.78 is 0. The molecule has 4 nitrogen and oxygen atoms in total. The summed E-state index contributed by atoms with van der Waals surface area (Å²) in [6.07, 6.45) is 8.85. The fourth-order valence-electron chi connectivity index (χ4n) is 1.49. The zero-order valence-electron chi connectivity index (χ0n) is 11.0. The second kappa shape index (κ2) is 6.65. The second-order valence-electron chi connectivity index (χ2n) is 4.59. The number of amides is 2. The van der Waals surface area contributed by atoms with Crippen molar-refractivity contribution in [2.45, 2.75) is 33.4 Å². The Balaban J connectivity index is 2.45. The van der Waals surface area contributed by atoms with Gasteiger partial charge < -0.3 is 10.6 Å². The zero-order valence-corrected chi connectivity index (χ0v) is 11.0. The molecule has 1 heterocycles. The lowest BCUT2D eigenvalue weighted by molar-refractivity contribution is 0.236. The lowest BCUT2D eigenvalue weighted by Gasteiger charge is -2.17. The highest BCUT2D eigenvalue weighted by molar-refractivity contribution is 5.74. The van der Waals surface area contributed by atoms with Gasteiger partial charge in [-0.15, -0.1) is 6.42 Å². The van der Waals surface area contributed by atoms with E-state index < -0.39 is 0 Å². The van der Waals surface area contributed by atoms with Gasteiger partial charge in [0.25, 0.3) is 0 Å². The lowest BCUT2D eigenvalue weighted by Crippen LogP contribution is -2.43. The molecule has 0 saturated carbocycles. The first-order chi connectivity index (χ1) is 8.52. The predicted molar refractivity (Wildman–Crippen MR) is 71.8 cm³/mol.